The largest absolute Gasteiger partial charge is 0.489 e. The molecule has 0 bridgehead atoms. The van der Waals surface area contributed by atoms with Gasteiger partial charge in [0.1, 0.15) is 18.9 Å². The molecule has 1 aromatic carbocycles. The fraction of sp³-hybridized carbons (Fsp3) is 0.364. The molecule has 5 nitrogen and oxygen atoms in total. The predicted molar refractivity (Wildman–Crippen MR) is 67.0 cm³/mol. The Morgan fingerprint density at radius 2 is 2.24 bits per heavy atom. The van der Waals surface area contributed by atoms with Crippen molar-refractivity contribution >= 4 is 24.1 Å². The zero-order valence-electron chi connectivity index (χ0n) is 9.20. The first-order valence-electron chi connectivity index (χ1n) is 5.12. The molecule has 0 radical (unpaired) electrons. The number of carboxylic acids is 1. The van der Waals surface area contributed by atoms with Gasteiger partial charge in [0.25, 0.3) is 0 Å². The van der Waals surface area contributed by atoms with Crippen LogP contribution in [-0.4, -0.2) is 36.8 Å². The summed E-state index contributed by atoms with van der Waals surface area (Å²) in [5, 5.41) is 8.88. The number of ether oxygens (including phenoxy) is 1. The molecular weight excluding hydrogens is 244 g/mol. The van der Waals surface area contributed by atoms with Crippen LogP contribution in [-0.2, 0) is 4.79 Å². The lowest BCUT2D eigenvalue weighted by Gasteiger charge is -2.36. The van der Waals surface area contributed by atoms with Crippen LogP contribution in [0.5, 0.6) is 5.75 Å². The van der Waals surface area contributed by atoms with Gasteiger partial charge in [-0.15, -0.1) is 12.4 Å². The van der Waals surface area contributed by atoms with E-state index < -0.39 is 5.97 Å². The molecule has 1 aliphatic rings. The van der Waals surface area contributed by atoms with Gasteiger partial charge in [0.05, 0.1) is 11.7 Å². The van der Waals surface area contributed by atoms with Crippen molar-refractivity contribution in [1.82, 2.24) is 0 Å². The molecule has 2 rings (SSSR count). The Kier molecular flexibility index (Phi) is 4.60. The van der Waals surface area contributed by atoms with Gasteiger partial charge >= 0.3 is 5.97 Å². The SMILES string of the molecule is Cl.NCC1COc2ccccc2N1CC(=O)O. The van der Waals surface area contributed by atoms with Gasteiger partial charge in [-0.3, -0.25) is 4.79 Å². The first-order chi connectivity index (χ1) is 7.72. The van der Waals surface area contributed by atoms with Gasteiger partial charge in [-0.05, 0) is 12.1 Å². The molecule has 1 aliphatic heterocycles. The highest BCUT2D eigenvalue weighted by atomic mass is 35.5. The van der Waals surface area contributed by atoms with Crippen molar-refractivity contribution in [2.75, 3.05) is 24.6 Å². The molecule has 94 valence electrons. The third-order valence-corrected chi connectivity index (χ3v) is 2.62. The topological polar surface area (TPSA) is 75.8 Å². The maximum absolute atomic E-state index is 10.8. The third kappa shape index (κ3) is 2.81. The highest BCUT2D eigenvalue weighted by molar-refractivity contribution is 5.85. The minimum Gasteiger partial charge on any atom is -0.489 e. The number of hydrogen-bond donors (Lipinski definition) is 2. The van der Waals surface area contributed by atoms with Crippen LogP contribution in [0.2, 0.25) is 0 Å². The van der Waals surface area contributed by atoms with Crippen LogP contribution in [0.15, 0.2) is 24.3 Å². The van der Waals surface area contributed by atoms with E-state index in [2.05, 4.69) is 0 Å². The van der Waals surface area contributed by atoms with Gasteiger partial charge < -0.3 is 20.5 Å². The Morgan fingerprint density at radius 1 is 1.53 bits per heavy atom. The molecule has 0 saturated carbocycles. The van der Waals surface area contributed by atoms with Crippen LogP contribution in [0.4, 0.5) is 5.69 Å². The van der Waals surface area contributed by atoms with E-state index in [1.807, 2.05) is 24.3 Å². The first kappa shape index (κ1) is 13.6. The van der Waals surface area contributed by atoms with Crippen molar-refractivity contribution in [2.45, 2.75) is 6.04 Å². The smallest absolute Gasteiger partial charge is 0.323 e. The highest BCUT2D eigenvalue weighted by Crippen LogP contribution is 2.32. The summed E-state index contributed by atoms with van der Waals surface area (Å²) in [6.07, 6.45) is 0. The molecule has 0 fully saturated rings. The average molecular weight is 259 g/mol. The van der Waals surface area contributed by atoms with Crippen molar-refractivity contribution < 1.29 is 14.6 Å². The van der Waals surface area contributed by atoms with Gasteiger partial charge in [-0.1, -0.05) is 12.1 Å². The highest BCUT2D eigenvalue weighted by Gasteiger charge is 2.27. The van der Waals surface area contributed by atoms with E-state index in [9.17, 15) is 4.79 Å². The van der Waals surface area contributed by atoms with Gasteiger partial charge in [0.15, 0.2) is 0 Å². The van der Waals surface area contributed by atoms with Gasteiger partial charge in [0.2, 0.25) is 0 Å². The van der Waals surface area contributed by atoms with E-state index in [4.69, 9.17) is 15.6 Å². The van der Waals surface area contributed by atoms with Crippen molar-refractivity contribution in [3.05, 3.63) is 24.3 Å². The average Bonchev–Trinajstić information content (AvgIpc) is 2.29. The number of benzene rings is 1. The molecule has 0 aliphatic carbocycles. The molecular formula is C11H15ClN2O3. The van der Waals surface area contributed by atoms with E-state index in [0.717, 1.165) is 5.69 Å². The predicted octanol–water partition coefficient (Wildman–Crippen LogP) is 0.719. The second kappa shape index (κ2) is 5.75. The fourth-order valence-electron chi connectivity index (χ4n) is 1.84. The van der Waals surface area contributed by atoms with E-state index >= 15 is 0 Å². The van der Waals surface area contributed by atoms with Crippen LogP contribution in [0.3, 0.4) is 0 Å². The number of carbonyl (C=O) groups is 1. The number of nitrogens with two attached hydrogens (primary N) is 1. The second-order valence-electron chi connectivity index (χ2n) is 3.69. The zero-order valence-corrected chi connectivity index (χ0v) is 10.0. The van der Waals surface area contributed by atoms with Crippen molar-refractivity contribution in [1.29, 1.82) is 0 Å². The summed E-state index contributed by atoms with van der Waals surface area (Å²) in [5.41, 5.74) is 6.41. The number of halogens is 1. The molecule has 3 N–H and O–H groups in total. The number of rotatable bonds is 3. The molecule has 0 spiro atoms. The lowest BCUT2D eigenvalue weighted by molar-refractivity contribution is -0.135. The molecule has 1 unspecified atom stereocenters. The summed E-state index contributed by atoms with van der Waals surface area (Å²) in [6.45, 7) is 0.755. The summed E-state index contributed by atoms with van der Waals surface area (Å²) in [6, 6.07) is 7.32. The number of aliphatic carboxylic acids is 1. The molecule has 0 aromatic heterocycles. The first-order valence-corrected chi connectivity index (χ1v) is 5.12. The standard InChI is InChI=1S/C11H14N2O3.ClH/c12-5-8-7-16-10-4-2-1-3-9(10)13(8)6-11(14)15;/h1-4,8H,5-7,12H2,(H,14,15);1H. The maximum Gasteiger partial charge on any atom is 0.323 e. The summed E-state index contributed by atoms with van der Waals surface area (Å²) >= 11 is 0. The molecule has 17 heavy (non-hydrogen) atoms. The van der Waals surface area contributed by atoms with Crippen LogP contribution in [0.1, 0.15) is 0 Å². The monoisotopic (exact) mass is 258 g/mol. The van der Waals surface area contributed by atoms with Crippen molar-refractivity contribution in [3.63, 3.8) is 0 Å². The lowest BCUT2D eigenvalue weighted by atomic mass is 10.1. The normalized spacial score (nSPS) is 17.7. The Hall–Kier alpha value is -1.46. The minimum atomic E-state index is -0.866. The van der Waals surface area contributed by atoms with Crippen LogP contribution >= 0.6 is 12.4 Å². The summed E-state index contributed by atoms with van der Waals surface area (Å²) in [7, 11) is 0. The molecule has 6 heteroatoms. The second-order valence-corrected chi connectivity index (χ2v) is 3.69. The van der Waals surface area contributed by atoms with Gasteiger partial charge in [0, 0.05) is 6.54 Å². The Bertz CT molecular complexity index is 400. The summed E-state index contributed by atoms with van der Waals surface area (Å²) in [5.74, 6) is -0.149. The number of para-hydroxylation sites is 2. The third-order valence-electron chi connectivity index (χ3n) is 2.62. The van der Waals surface area contributed by atoms with Crippen LogP contribution < -0.4 is 15.4 Å². The maximum atomic E-state index is 10.8. The number of carboxylic acid groups (broad SMARTS) is 1. The summed E-state index contributed by atoms with van der Waals surface area (Å²) in [4.78, 5) is 12.6. The van der Waals surface area contributed by atoms with Crippen molar-refractivity contribution in [2.24, 2.45) is 5.73 Å². The Morgan fingerprint density at radius 3 is 2.88 bits per heavy atom. The van der Waals surface area contributed by atoms with E-state index in [1.165, 1.54) is 0 Å². The molecule has 1 heterocycles. The summed E-state index contributed by atoms with van der Waals surface area (Å²) < 4.78 is 5.52. The van der Waals surface area contributed by atoms with E-state index in [0.29, 0.717) is 18.9 Å². The van der Waals surface area contributed by atoms with E-state index in [-0.39, 0.29) is 25.0 Å². The number of fused-ring (bicyclic) bond motifs is 1. The molecule has 0 saturated heterocycles. The van der Waals surface area contributed by atoms with E-state index in [1.54, 1.807) is 4.90 Å². The molecule has 0 amide bonds. The fourth-order valence-corrected chi connectivity index (χ4v) is 1.84. The number of hydrogen-bond acceptors (Lipinski definition) is 4. The molecule has 1 aromatic rings. The minimum absolute atomic E-state index is 0. The Labute approximate surface area is 106 Å². The zero-order chi connectivity index (χ0) is 11.5. The van der Waals surface area contributed by atoms with Crippen molar-refractivity contribution in [3.8, 4) is 5.75 Å². The lowest BCUT2D eigenvalue weighted by Crippen LogP contribution is -2.49. The number of anilines is 1. The quantitative estimate of drug-likeness (QED) is 0.836. The van der Waals surface area contributed by atoms with Crippen LogP contribution in [0, 0.1) is 0 Å². The van der Waals surface area contributed by atoms with Gasteiger partial charge in [-0.2, -0.15) is 0 Å². The van der Waals surface area contributed by atoms with Crippen LogP contribution in [0.25, 0.3) is 0 Å². The Balaban J connectivity index is 0.00000144. The van der Waals surface area contributed by atoms with Gasteiger partial charge in [-0.25, -0.2) is 0 Å². The number of nitrogens with zero attached hydrogens (tertiary/aromatic N) is 1. The molecule has 1 atom stereocenters.